The zero-order chi connectivity index (χ0) is 16.6. The molecule has 1 fully saturated rings. The number of nitriles is 1. The van der Waals surface area contributed by atoms with E-state index < -0.39 is 5.60 Å². The van der Waals surface area contributed by atoms with Crippen molar-refractivity contribution in [2.45, 2.75) is 38.3 Å². The first-order valence-corrected chi connectivity index (χ1v) is 7.45. The Morgan fingerprint density at radius 3 is 2.61 bits per heavy atom. The SMILES string of the molecule is Cc1cc(NC2CC(C)(O)C2)nnc1-c1ccc(C#N)cc1O. The standard InChI is InChI=1S/C17H18N4O2/c1-10-5-15(19-12-7-17(2,23)8-12)20-21-16(10)13-4-3-11(9-18)6-14(13)22/h3-6,12,22-23H,7-8H2,1-2H3,(H,19,20). The summed E-state index contributed by atoms with van der Waals surface area (Å²) >= 11 is 0. The number of aliphatic hydroxyl groups is 1. The summed E-state index contributed by atoms with van der Waals surface area (Å²) in [4.78, 5) is 0. The molecule has 0 unspecified atom stereocenters. The largest absolute Gasteiger partial charge is 0.507 e. The fraction of sp³-hybridized carbons (Fsp3) is 0.353. The van der Waals surface area contributed by atoms with Crippen molar-refractivity contribution in [3.63, 3.8) is 0 Å². The van der Waals surface area contributed by atoms with Crippen LogP contribution in [0.15, 0.2) is 24.3 Å². The first-order chi connectivity index (χ1) is 10.9. The molecule has 0 bridgehead atoms. The molecule has 0 atom stereocenters. The quantitative estimate of drug-likeness (QED) is 0.804. The van der Waals surface area contributed by atoms with E-state index >= 15 is 0 Å². The molecule has 2 aromatic rings. The number of rotatable bonds is 3. The lowest BCUT2D eigenvalue weighted by atomic mass is 9.77. The third-order valence-corrected chi connectivity index (χ3v) is 4.09. The van der Waals surface area contributed by atoms with Gasteiger partial charge in [-0.25, -0.2) is 0 Å². The molecule has 0 saturated heterocycles. The van der Waals surface area contributed by atoms with Gasteiger partial charge in [0.15, 0.2) is 0 Å². The van der Waals surface area contributed by atoms with Crippen LogP contribution < -0.4 is 5.32 Å². The highest BCUT2D eigenvalue weighted by Gasteiger charge is 2.38. The molecule has 6 nitrogen and oxygen atoms in total. The molecule has 1 aromatic carbocycles. The molecule has 6 heteroatoms. The highest BCUT2D eigenvalue weighted by molar-refractivity contribution is 5.71. The van der Waals surface area contributed by atoms with E-state index in [1.165, 1.54) is 6.07 Å². The molecular formula is C17H18N4O2. The second-order valence-corrected chi connectivity index (χ2v) is 6.35. The number of aryl methyl sites for hydroxylation is 1. The van der Waals surface area contributed by atoms with Gasteiger partial charge in [-0.2, -0.15) is 5.26 Å². The molecule has 1 saturated carbocycles. The van der Waals surface area contributed by atoms with Crippen LogP contribution in [-0.2, 0) is 0 Å². The van der Waals surface area contributed by atoms with E-state index in [1.54, 1.807) is 12.1 Å². The second-order valence-electron chi connectivity index (χ2n) is 6.35. The van der Waals surface area contributed by atoms with Gasteiger partial charge in [0.05, 0.1) is 22.9 Å². The van der Waals surface area contributed by atoms with Crippen LogP contribution in [0, 0.1) is 18.3 Å². The molecule has 1 aliphatic carbocycles. The molecule has 23 heavy (non-hydrogen) atoms. The fourth-order valence-electron chi connectivity index (χ4n) is 2.94. The number of hydrogen-bond donors (Lipinski definition) is 3. The average Bonchev–Trinajstić information content (AvgIpc) is 2.46. The van der Waals surface area contributed by atoms with Crippen molar-refractivity contribution in [1.82, 2.24) is 10.2 Å². The number of benzene rings is 1. The van der Waals surface area contributed by atoms with Gasteiger partial charge in [-0.1, -0.05) is 0 Å². The van der Waals surface area contributed by atoms with Crippen LogP contribution in [0.2, 0.25) is 0 Å². The Hall–Kier alpha value is -2.65. The third-order valence-electron chi connectivity index (χ3n) is 4.09. The number of nitrogens with zero attached hydrogens (tertiary/aromatic N) is 3. The highest BCUT2D eigenvalue weighted by atomic mass is 16.3. The van der Waals surface area contributed by atoms with Gasteiger partial charge < -0.3 is 15.5 Å². The van der Waals surface area contributed by atoms with E-state index in [-0.39, 0.29) is 11.8 Å². The van der Waals surface area contributed by atoms with Crippen LogP contribution in [0.5, 0.6) is 5.75 Å². The average molecular weight is 310 g/mol. The maximum Gasteiger partial charge on any atom is 0.149 e. The van der Waals surface area contributed by atoms with Crippen molar-refractivity contribution < 1.29 is 10.2 Å². The van der Waals surface area contributed by atoms with Crippen LogP contribution in [-0.4, -0.2) is 32.1 Å². The van der Waals surface area contributed by atoms with E-state index in [9.17, 15) is 10.2 Å². The minimum absolute atomic E-state index is 0.0113. The maximum atomic E-state index is 10.1. The van der Waals surface area contributed by atoms with Crippen LogP contribution in [0.4, 0.5) is 5.82 Å². The first kappa shape index (κ1) is 15.3. The van der Waals surface area contributed by atoms with Gasteiger partial charge in [0.1, 0.15) is 11.6 Å². The molecule has 0 aliphatic heterocycles. The van der Waals surface area contributed by atoms with E-state index in [1.807, 2.05) is 26.0 Å². The lowest BCUT2D eigenvalue weighted by Crippen LogP contribution is -2.48. The Labute approximate surface area is 134 Å². The molecule has 118 valence electrons. The molecule has 1 aliphatic rings. The topological polar surface area (TPSA) is 102 Å². The van der Waals surface area contributed by atoms with Crippen LogP contribution in [0.25, 0.3) is 11.3 Å². The van der Waals surface area contributed by atoms with Crippen molar-refractivity contribution >= 4 is 5.82 Å². The minimum atomic E-state index is -0.589. The van der Waals surface area contributed by atoms with Crippen molar-refractivity contribution in [1.29, 1.82) is 5.26 Å². The summed E-state index contributed by atoms with van der Waals surface area (Å²) < 4.78 is 0. The summed E-state index contributed by atoms with van der Waals surface area (Å²) in [7, 11) is 0. The van der Waals surface area contributed by atoms with Gasteiger partial charge in [-0.3, -0.25) is 0 Å². The minimum Gasteiger partial charge on any atom is -0.507 e. The fourth-order valence-corrected chi connectivity index (χ4v) is 2.94. The summed E-state index contributed by atoms with van der Waals surface area (Å²) in [5.74, 6) is 0.664. The summed E-state index contributed by atoms with van der Waals surface area (Å²) in [6.45, 7) is 3.71. The summed E-state index contributed by atoms with van der Waals surface area (Å²) in [5, 5.41) is 40.3. The van der Waals surface area contributed by atoms with Crippen molar-refractivity contribution in [3.8, 4) is 23.1 Å². The Bertz CT molecular complexity index is 788. The first-order valence-electron chi connectivity index (χ1n) is 7.45. The smallest absolute Gasteiger partial charge is 0.149 e. The number of anilines is 1. The number of aromatic nitrogens is 2. The predicted octanol–water partition coefficient (Wildman–Crippen LogP) is 2.35. The summed E-state index contributed by atoms with van der Waals surface area (Å²) in [6, 6.07) is 8.78. The molecule has 1 heterocycles. The van der Waals surface area contributed by atoms with Crippen LogP contribution >= 0.6 is 0 Å². The van der Waals surface area contributed by atoms with Crippen molar-refractivity contribution in [3.05, 3.63) is 35.4 Å². The number of hydrogen-bond acceptors (Lipinski definition) is 6. The molecule has 1 aromatic heterocycles. The van der Waals surface area contributed by atoms with E-state index in [4.69, 9.17) is 5.26 Å². The van der Waals surface area contributed by atoms with Crippen LogP contribution in [0.1, 0.15) is 30.9 Å². The van der Waals surface area contributed by atoms with Gasteiger partial charge in [0.2, 0.25) is 0 Å². The highest BCUT2D eigenvalue weighted by Crippen LogP contribution is 2.34. The monoisotopic (exact) mass is 310 g/mol. The third kappa shape index (κ3) is 3.10. The second kappa shape index (κ2) is 5.52. The molecule has 3 N–H and O–H groups in total. The lowest BCUT2D eigenvalue weighted by molar-refractivity contribution is -0.0235. The van der Waals surface area contributed by atoms with Gasteiger partial charge in [0.25, 0.3) is 0 Å². The Kier molecular flexibility index (Phi) is 3.66. The molecule has 0 amide bonds. The molecule has 3 rings (SSSR count). The zero-order valence-corrected chi connectivity index (χ0v) is 13.0. The number of nitrogens with one attached hydrogen (secondary N) is 1. The molecule has 0 radical (unpaired) electrons. The van der Waals surface area contributed by atoms with Crippen LogP contribution in [0.3, 0.4) is 0 Å². The maximum absolute atomic E-state index is 10.1. The van der Waals surface area contributed by atoms with Gasteiger partial charge in [0, 0.05) is 11.6 Å². The van der Waals surface area contributed by atoms with Crippen molar-refractivity contribution in [2.75, 3.05) is 5.32 Å². The summed E-state index contributed by atoms with van der Waals surface area (Å²) in [5.41, 5.74) is 1.81. The molecular weight excluding hydrogens is 292 g/mol. The normalized spacial score (nSPS) is 23.0. The lowest BCUT2D eigenvalue weighted by Gasteiger charge is -2.41. The Morgan fingerprint density at radius 2 is 2.04 bits per heavy atom. The van der Waals surface area contributed by atoms with E-state index in [2.05, 4.69) is 15.5 Å². The van der Waals surface area contributed by atoms with Gasteiger partial charge in [-0.05, 0) is 56.5 Å². The zero-order valence-electron chi connectivity index (χ0n) is 13.0. The van der Waals surface area contributed by atoms with Gasteiger partial charge >= 0.3 is 0 Å². The molecule has 0 spiro atoms. The summed E-state index contributed by atoms with van der Waals surface area (Å²) in [6.07, 6.45) is 1.37. The van der Waals surface area contributed by atoms with E-state index in [0.717, 1.165) is 5.56 Å². The Morgan fingerprint density at radius 1 is 1.30 bits per heavy atom. The van der Waals surface area contributed by atoms with Gasteiger partial charge in [-0.15, -0.1) is 10.2 Å². The number of phenols is 1. The van der Waals surface area contributed by atoms with Crippen molar-refractivity contribution in [2.24, 2.45) is 0 Å². The Balaban J connectivity index is 1.81. The predicted molar refractivity (Wildman–Crippen MR) is 85.9 cm³/mol. The van der Waals surface area contributed by atoms with E-state index in [0.29, 0.717) is 35.5 Å². The number of aromatic hydroxyl groups is 1. The number of phenolic OH excluding ortho intramolecular Hbond substituents is 1.